The summed E-state index contributed by atoms with van der Waals surface area (Å²) >= 11 is 3.49. The molecule has 0 aliphatic rings. The summed E-state index contributed by atoms with van der Waals surface area (Å²) in [5.41, 5.74) is 2.47. The molecule has 2 aromatic heterocycles. The molecule has 0 unspecified atom stereocenters. The number of halogens is 2. The molecule has 3 aromatic rings. The molecule has 0 fully saturated rings. The summed E-state index contributed by atoms with van der Waals surface area (Å²) in [6, 6.07) is 7.26. The van der Waals surface area contributed by atoms with Gasteiger partial charge in [0.15, 0.2) is 5.96 Å². The molecule has 1 N–H and O–H groups in total. The van der Waals surface area contributed by atoms with Crippen LogP contribution in [0.2, 0.25) is 0 Å². The minimum absolute atomic E-state index is 0.288. The van der Waals surface area contributed by atoms with E-state index in [0.717, 1.165) is 21.7 Å². The normalized spacial score (nSPS) is 11.7. The second-order valence-corrected chi connectivity index (χ2v) is 7.19. The van der Waals surface area contributed by atoms with Crippen LogP contribution in [0.5, 0.6) is 0 Å². The lowest BCUT2D eigenvalue weighted by Crippen LogP contribution is -2.38. The SMILES string of the molecule is CN=C(NCc1ccc(-n2ccnc2)c(F)c1)N(C)Cc1cc(Br)cn1C. The molecular weight excluding hydrogens is 411 g/mol. The topological polar surface area (TPSA) is 50.4 Å². The first kappa shape index (κ1) is 19.2. The van der Waals surface area contributed by atoms with Gasteiger partial charge in [-0.25, -0.2) is 9.37 Å². The van der Waals surface area contributed by atoms with Crippen molar-refractivity contribution in [3.63, 3.8) is 0 Å². The number of aromatic nitrogens is 3. The highest BCUT2D eigenvalue weighted by atomic mass is 79.9. The number of nitrogens with zero attached hydrogens (tertiary/aromatic N) is 5. The van der Waals surface area contributed by atoms with Crippen molar-refractivity contribution in [2.75, 3.05) is 14.1 Å². The van der Waals surface area contributed by atoms with E-state index in [1.165, 1.54) is 6.07 Å². The summed E-state index contributed by atoms with van der Waals surface area (Å²) in [6.07, 6.45) is 6.94. The lowest BCUT2D eigenvalue weighted by atomic mass is 10.2. The molecule has 0 radical (unpaired) electrons. The van der Waals surface area contributed by atoms with Gasteiger partial charge in [-0.15, -0.1) is 0 Å². The Morgan fingerprint density at radius 2 is 2.19 bits per heavy atom. The fourth-order valence-electron chi connectivity index (χ4n) is 2.88. The van der Waals surface area contributed by atoms with E-state index < -0.39 is 0 Å². The smallest absolute Gasteiger partial charge is 0.194 e. The molecule has 0 amide bonds. The zero-order valence-electron chi connectivity index (χ0n) is 15.5. The standard InChI is InChI=1S/C19H22BrFN6/c1-22-19(26(3)12-16-9-15(20)11-25(16)2)24-10-14-4-5-18(17(21)8-14)27-7-6-23-13-27/h4-9,11,13H,10,12H2,1-3H3,(H,22,24). The summed E-state index contributed by atoms with van der Waals surface area (Å²) in [5.74, 6) is 0.454. The molecule has 3 rings (SSSR count). The number of guanidine groups is 1. The first-order chi connectivity index (χ1) is 13.0. The highest BCUT2D eigenvalue weighted by Crippen LogP contribution is 2.16. The van der Waals surface area contributed by atoms with Crippen molar-refractivity contribution in [3.8, 4) is 5.69 Å². The number of benzene rings is 1. The van der Waals surface area contributed by atoms with Crippen LogP contribution in [0.4, 0.5) is 4.39 Å². The van der Waals surface area contributed by atoms with E-state index in [-0.39, 0.29) is 5.82 Å². The molecule has 6 nitrogen and oxygen atoms in total. The molecule has 142 valence electrons. The van der Waals surface area contributed by atoms with Gasteiger partial charge in [-0.05, 0) is 39.7 Å². The quantitative estimate of drug-likeness (QED) is 0.496. The molecule has 2 heterocycles. The average Bonchev–Trinajstić information content (AvgIpc) is 3.25. The molecule has 0 saturated carbocycles. The minimum atomic E-state index is -0.288. The summed E-state index contributed by atoms with van der Waals surface area (Å²) in [6.45, 7) is 1.19. The van der Waals surface area contributed by atoms with Gasteiger partial charge >= 0.3 is 0 Å². The largest absolute Gasteiger partial charge is 0.352 e. The van der Waals surface area contributed by atoms with E-state index in [0.29, 0.717) is 18.8 Å². The molecule has 0 atom stereocenters. The predicted octanol–water partition coefficient (Wildman–Crippen LogP) is 3.32. The number of aryl methyl sites for hydroxylation is 1. The van der Waals surface area contributed by atoms with E-state index in [2.05, 4.69) is 41.9 Å². The number of hydrogen-bond acceptors (Lipinski definition) is 2. The van der Waals surface area contributed by atoms with Gasteiger partial charge in [0.25, 0.3) is 0 Å². The van der Waals surface area contributed by atoms with Crippen molar-refractivity contribution in [3.05, 3.63) is 70.7 Å². The number of nitrogens with one attached hydrogen (secondary N) is 1. The fourth-order valence-corrected chi connectivity index (χ4v) is 3.45. The highest BCUT2D eigenvalue weighted by molar-refractivity contribution is 9.10. The summed E-state index contributed by atoms with van der Waals surface area (Å²) < 4.78 is 19.2. The van der Waals surface area contributed by atoms with Crippen LogP contribution in [0.25, 0.3) is 5.69 Å². The fraction of sp³-hybridized carbons (Fsp3) is 0.263. The Labute approximate surface area is 166 Å². The third-order valence-corrected chi connectivity index (χ3v) is 4.73. The van der Waals surface area contributed by atoms with Gasteiger partial charge in [0.1, 0.15) is 5.82 Å². The van der Waals surface area contributed by atoms with Crippen LogP contribution in [0.1, 0.15) is 11.3 Å². The molecular formula is C19H22BrFN6. The van der Waals surface area contributed by atoms with Gasteiger partial charge in [0.05, 0.1) is 18.6 Å². The van der Waals surface area contributed by atoms with Crippen LogP contribution in [-0.4, -0.2) is 39.1 Å². The summed E-state index contributed by atoms with van der Waals surface area (Å²) in [7, 11) is 5.72. The molecule has 0 bridgehead atoms. The van der Waals surface area contributed by atoms with Crippen LogP contribution in [0, 0.1) is 5.82 Å². The molecule has 0 saturated heterocycles. The highest BCUT2D eigenvalue weighted by Gasteiger charge is 2.11. The Hall–Kier alpha value is -2.61. The average molecular weight is 433 g/mol. The first-order valence-corrected chi connectivity index (χ1v) is 9.26. The lowest BCUT2D eigenvalue weighted by Gasteiger charge is -2.22. The maximum absolute atomic E-state index is 14.4. The van der Waals surface area contributed by atoms with Gasteiger partial charge in [-0.3, -0.25) is 4.99 Å². The van der Waals surface area contributed by atoms with E-state index in [9.17, 15) is 4.39 Å². The number of imidazole rings is 1. The van der Waals surface area contributed by atoms with Crippen molar-refractivity contribution in [2.45, 2.75) is 13.1 Å². The van der Waals surface area contributed by atoms with E-state index in [1.54, 1.807) is 36.4 Å². The maximum atomic E-state index is 14.4. The van der Waals surface area contributed by atoms with Crippen LogP contribution in [-0.2, 0) is 20.1 Å². The van der Waals surface area contributed by atoms with Crippen molar-refractivity contribution in [2.24, 2.45) is 12.0 Å². The Kier molecular flexibility index (Phi) is 5.95. The second-order valence-electron chi connectivity index (χ2n) is 6.27. The first-order valence-electron chi connectivity index (χ1n) is 8.47. The van der Waals surface area contributed by atoms with Crippen LogP contribution < -0.4 is 5.32 Å². The second kappa shape index (κ2) is 8.39. The molecule has 1 aromatic carbocycles. The van der Waals surface area contributed by atoms with Crippen LogP contribution in [0.15, 0.2) is 58.6 Å². The minimum Gasteiger partial charge on any atom is -0.352 e. The van der Waals surface area contributed by atoms with Crippen molar-refractivity contribution in [1.82, 2.24) is 24.3 Å². The Balaban J connectivity index is 1.64. The van der Waals surface area contributed by atoms with Crippen LogP contribution >= 0.6 is 15.9 Å². The number of rotatable bonds is 5. The molecule has 27 heavy (non-hydrogen) atoms. The number of hydrogen-bond donors (Lipinski definition) is 1. The molecule has 0 spiro atoms. The van der Waals surface area contributed by atoms with Gasteiger partial charge in [0, 0.05) is 56.4 Å². The zero-order chi connectivity index (χ0) is 19.4. The van der Waals surface area contributed by atoms with Crippen molar-refractivity contribution >= 4 is 21.9 Å². The Morgan fingerprint density at radius 3 is 2.78 bits per heavy atom. The summed E-state index contributed by atoms with van der Waals surface area (Å²) in [5, 5.41) is 3.28. The third-order valence-electron chi connectivity index (χ3n) is 4.29. The maximum Gasteiger partial charge on any atom is 0.194 e. The zero-order valence-corrected chi connectivity index (χ0v) is 17.1. The Bertz CT molecular complexity index is 932. The third kappa shape index (κ3) is 4.57. The Morgan fingerprint density at radius 1 is 1.37 bits per heavy atom. The predicted molar refractivity (Wildman–Crippen MR) is 108 cm³/mol. The van der Waals surface area contributed by atoms with E-state index >= 15 is 0 Å². The van der Waals surface area contributed by atoms with Gasteiger partial charge < -0.3 is 19.4 Å². The molecule has 0 aliphatic carbocycles. The number of aliphatic imine (C=N–C) groups is 1. The van der Waals surface area contributed by atoms with Crippen molar-refractivity contribution < 1.29 is 4.39 Å². The van der Waals surface area contributed by atoms with Gasteiger partial charge in [0.2, 0.25) is 0 Å². The molecule has 8 heteroatoms. The van der Waals surface area contributed by atoms with E-state index in [4.69, 9.17) is 0 Å². The monoisotopic (exact) mass is 432 g/mol. The van der Waals surface area contributed by atoms with Gasteiger partial charge in [-0.1, -0.05) is 6.07 Å². The van der Waals surface area contributed by atoms with Crippen LogP contribution in [0.3, 0.4) is 0 Å². The lowest BCUT2D eigenvalue weighted by molar-refractivity contribution is 0.461. The van der Waals surface area contributed by atoms with Gasteiger partial charge in [-0.2, -0.15) is 0 Å². The van der Waals surface area contributed by atoms with E-state index in [1.807, 2.05) is 31.3 Å². The van der Waals surface area contributed by atoms with Crippen molar-refractivity contribution in [1.29, 1.82) is 0 Å². The molecule has 0 aliphatic heterocycles. The summed E-state index contributed by atoms with van der Waals surface area (Å²) in [4.78, 5) is 10.3.